The van der Waals surface area contributed by atoms with Crippen LogP contribution in [0.1, 0.15) is 12.6 Å². The van der Waals surface area contributed by atoms with Crippen LogP contribution in [0.15, 0.2) is 43.0 Å². The molecule has 0 fully saturated rings. The topological polar surface area (TPSA) is 73.5 Å². The van der Waals surface area contributed by atoms with Gasteiger partial charge in [0.05, 0.1) is 11.7 Å². The number of fused-ring (bicyclic) bond motifs is 2. The number of nitrogens with two attached hydrogens (primary N) is 1. The maximum absolute atomic E-state index is 5.61. The van der Waals surface area contributed by atoms with E-state index < -0.39 is 0 Å². The van der Waals surface area contributed by atoms with Crippen LogP contribution < -0.4 is 5.73 Å². The first-order valence-electron chi connectivity index (χ1n) is 6.82. The molecule has 0 radical (unpaired) electrons. The Morgan fingerprint density at radius 1 is 1.14 bits per heavy atom. The Balaban J connectivity index is 1.95. The zero-order chi connectivity index (χ0) is 14.4. The van der Waals surface area contributed by atoms with Gasteiger partial charge in [-0.2, -0.15) is 0 Å². The van der Waals surface area contributed by atoms with Crippen molar-refractivity contribution >= 4 is 17.1 Å². The number of aryl methyl sites for hydroxylation is 1. The summed E-state index contributed by atoms with van der Waals surface area (Å²) in [5.74, 6) is 0.267. The summed E-state index contributed by atoms with van der Waals surface area (Å²) >= 11 is 0. The predicted molar refractivity (Wildman–Crippen MR) is 81.0 cm³/mol. The summed E-state index contributed by atoms with van der Waals surface area (Å²) < 4.78 is 3.87. The fourth-order valence-corrected chi connectivity index (χ4v) is 2.61. The second kappa shape index (κ2) is 4.31. The standard InChI is InChI=1S/C15H14N6/c1-2-11-7-17-14-4-3-10(9-20(11)14)12-5-6-21-13(12)8-18-15(16)19-21/h3-9H,2H2,1H3,(H2,16,19). The number of imidazole rings is 1. The summed E-state index contributed by atoms with van der Waals surface area (Å²) in [4.78, 5) is 8.48. The lowest BCUT2D eigenvalue weighted by Crippen LogP contribution is -1.99. The molecular weight excluding hydrogens is 264 g/mol. The van der Waals surface area contributed by atoms with Crippen molar-refractivity contribution in [3.63, 3.8) is 0 Å². The van der Waals surface area contributed by atoms with Crippen molar-refractivity contribution in [1.29, 1.82) is 0 Å². The highest BCUT2D eigenvalue weighted by Gasteiger charge is 2.09. The smallest absolute Gasteiger partial charge is 0.238 e. The number of nitrogen functional groups attached to an aromatic ring is 1. The first-order valence-corrected chi connectivity index (χ1v) is 6.82. The van der Waals surface area contributed by atoms with Gasteiger partial charge in [0.25, 0.3) is 0 Å². The molecule has 0 bridgehead atoms. The number of anilines is 1. The van der Waals surface area contributed by atoms with E-state index >= 15 is 0 Å². The summed E-state index contributed by atoms with van der Waals surface area (Å²) in [6.07, 6.45) is 8.60. The second-order valence-corrected chi connectivity index (χ2v) is 4.92. The zero-order valence-electron chi connectivity index (χ0n) is 11.6. The van der Waals surface area contributed by atoms with Crippen LogP contribution in [-0.4, -0.2) is 24.0 Å². The van der Waals surface area contributed by atoms with Crippen molar-refractivity contribution in [2.24, 2.45) is 0 Å². The third-order valence-corrected chi connectivity index (χ3v) is 3.69. The Morgan fingerprint density at radius 2 is 2.05 bits per heavy atom. The van der Waals surface area contributed by atoms with Gasteiger partial charge in [-0.1, -0.05) is 6.92 Å². The maximum Gasteiger partial charge on any atom is 0.238 e. The van der Waals surface area contributed by atoms with E-state index in [1.165, 1.54) is 5.69 Å². The molecule has 0 saturated heterocycles. The van der Waals surface area contributed by atoms with E-state index in [-0.39, 0.29) is 5.95 Å². The van der Waals surface area contributed by atoms with E-state index in [4.69, 9.17) is 5.73 Å². The fraction of sp³-hybridized carbons (Fsp3) is 0.133. The molecule has 0 atom stereocenters. The molecule has 4 rings (SSSR count). The van der Waals surface area contributed by atoms with Gasteiger partial charge in [-0.05, 0) is 24.6 Å². The highest BCUT2D eigenvalue weighted by atomic mass is 15.3. The molecule has 0 aliphatic carbocycles. The number of hydrogen-bond acceptors (Lipinski definition) is 4. The summed E-state index contributed by atoms with van der Waals surface area (Å²) in [7, 11) is 0. The maximum atomic E-state index is 5.61. The molecule has 4 heterocycles. The van der Waals surface area contributed by atoms with Gasteiger partial charge in [0.1, 0.15) is 5.65 Å². The highest BCUT2D eigenvalue weighted by Crippen LogP contribution is 2.26. The average molecular weight is 278 g/mol. The predicted octanol–water partition coefficient (Wildman–Crippen LogP) is 2.19. The Morgan fingerprint density at radius 3 is 2.90 bits per heavy atom. The van der Waals surface area contributed by atoms with E-state index in [1.54, 1.807) is 10.7 Å². The average Bonchev–Trinajstić information content (AvgIpc) is 3.09. The molecule has 6 heteroatoms. The number of aromatic nitrogens is 5. The van der Waals surface area contributed by atoms with E-state index in [1.807, 2.05) is 24.5 Å². The summed E-state index contributed by atoms with van der Waals surface area (Å²) in [6.45, 7) is 2.13. The zero-order valence-corrected chi connectivity index (χ0v) is 11.6. The Labute approximate surface area is 120 Å². The number of hydrogen-bond donors (Lipinski definition) is 1. The Hall–Kier alpha value is -2.89. The van der Waals surface area contributed by atoms with Gasteiger partial charge in [0, 0.05) is 35.4 Å². The molecule has 2 N–H and O–H groups in total. The van der Waals surface area contributed by atoms with Crippen LogP contribution in [0, 0.1) is 0 Å². The van der Waals surface area contributed by atoms with Gasteiger partial charge in [-0.15, -0.1) is 5.10 Å². The van der Waals surface area contributed by atoms with Crippen molar-refractivity contribution in [3.8, 4) is 11.1 Å². The molecule has 4 aromatic heterocycles. The third kappa shape index (κ3) is 1.76. The summed E-state index contributed by atoms with van der Waals surface area (Å²) in [5.41, 5.74) is 10.9. The van der Waals surface area contributed by atoms with E-state index in [9.17, 15) is 0 Å². The number of pyridine rings is 1. The molecule has 104 valence electrons. The lowest BCUT2D eigenvalue weighted by atomic mass is 10.1. The SMILES string of the molecule is CCc1cnc2ccc(-c3ccn4nc(N)ncc34)cn12. The molecule has 0 spiro atoms. The molecule has 0 saturated carbocycles. The molecule has 6 nitrogen and oxygen atoms in total. The van der Waals surface area contributed by atoms with Crippen molar-refractivity contribution in [3.05, 3.63) is 48.7 Å². The normalized spacial score (nSPS) is 11.5. The first-order chi connectivity index (χ1) is 10.3. The Bertz CT molecular complexity index is 949. The molecule has 4 aromatic rings. The molecule has 0 aliphatic heterocycles. The number of nitrogens with zero attached hydrogens (tertiary/aromatic N) is 5. The van der Waals surface area contributed by atoms with Crippen molar-refractivity contribution < 1.29 is 0 Å². The molecule has 21 heavy (non-hydrogen) atoms. The van der Waals surface area contributed by atoms with Gasteiger partial charge >= 0.3 is 0 Å². The molecule has 0 amide bonds. The van der Waals surface area contributed by atoms with Crippen molar-refractivity contribution in [1.82, 2.24) is 24.0 Å². The minimum Gasteiger partial charge on any atom is -0.367 e. The monoisotopic (exact) mass is 278 g/mol. The second-order valence-electron chi connectivity index (χ2n) is 4.92. The van der Waals surface area contributed by atoms with Crippen LogP contribution in [0.2, 0.25) is 0 Å². The lowest BCUT2D eigenvalue weighted by Gasteiger charge is -2.04. The van der Waals surface area contributed by atoms with Crippen LogP contribution in [0.25, 0.3) is 22.3 Å². The number of rotatable bonds is 2. The largest absolute Gasteiger partial charge is 0.367 e. The van der Waals surface area contributed by atoms with Crippen LogP contribution in [0.5, 0.6) is 0 Å². The van der Waals surface area contributed by atoms with Crippen LogP contribution in [-0.2, 0) is 6.42 Å². The fourth-order valence-electron chi connectivity index (χ4n) is 2.61. The first kappa shape index (κ1) is 11.9. The highest BCUT2D eigenvalue weighted by molar-refractivity contribution is 5.80. The minimum absolute atomic E-state index is 0.267. The quantitative estimate of drug-likeness (QED) is 0.610. The summed E-state index contributed by atoms with van der Waals surface area (Å²) in [5, 5.41) is 4.17. The third-order valence-electron chi connectivity index (χ3n) is 3.69. The minimum atomic E-state index is 0.267. The van der Waals surface area contributed by atoms with E-state index in [2.05, 4.69) is 38.7 Å². The molecule has 0 aromatic carbocycles. The van der Waals surface area contributed by atoms with Crippen molar-refractivity contribution in [2.75, 3.05) is 5.73 Å². The van der Waals surface area contributed by atoms with Crippen LogP contribution >= 0.6 is 0 Å². The van der Waals surface area contributed by atoms with Gasteiger partial charge in [-0.3, -0.25) is 0 Å². The Kier molecular flexibility index (Phi) is 2.44. The van der Waals surface area contributed by atoms with Gasteiger partial charge < -0.3 is 10.1 Å². The lowest BCUT2D eigenvalue weighted by molar-refractivity contribution is 0.918. The van der Waals surface area contributed by atoms with Crippen LogP contribution in [0.3, 0.4) is 0 Å². The van der Waals surface area contributed by atoms with Crippen LogP contribution in [0.4, 0.5) is 5.95 Å². The van der Waals surface area contributed by atoms with Crippen molar-refractivity contribution in [2.45, 2.75) is 13.3 Å². The van der Waals surface area contributed by atoms with E-state index in [0.717, 1.165) is 28.7 Å². The summed E-state index contributed by atoms with van der Waals surface area (Å²) in [6, 6.07) is 6.11. The van der Waals surface area contributed by atoms with E-state index in [0.29, 0.717) is 0 Å². The van der Waals surface area contributed by atoms with Gasteiger partial charge in [-0.25, -0.2) is 14.5 Å². The molecular formula is C15H14N6. The van der Waals surface area contributed by atoms with Gasteiger partial charge in [0.15, 0.2) is 0 Å². The van der Waals surface area contributed by atoms with Gasteiger partial charge in [0.2, 0.25) is 5.95 Å². The molecule has 0 unspecified atom stereocenters. The molecule has 0 aliphatic rings.